The first kappa shape index (κ1) is 38.1. The summed E-state index contributed by atoms with van der Waals surface area (Å²) in [5.41, 5.74) is 1.61. The van der Waals surface area contributed by atoms with Gasteiger partial charge in [0, 0.05) is 25.1 Å². The van der Waals surface area contributed by atoms with Crippen molar-refractivity contribution in [2.75, 3.05) is 31.7 Å². The molecule has 1 atom stereocenters. The van der Waals surface area contributed by atoms with Gasteiger partial charge in [0.25, 0.3) is 10.0 Å². The zero-order chi connectivity index (χ0) is 37.1. The Balaban J connectivity index is 1.58. The molecule has 12 heteroatoms. The molecule has 0 heterocycles. The maximum atomic E-state index is 14.8. The van der Waals surface area contributed by atoms with E-state index in [2.05, 4.69) is 5.32 Å². The van der Waals surface area contributed by atoms with Crippen molar-refractivity contribution in [1.82, 2.24) is 10.2 Å². The number of sulfonamides is 1. The Labute approximate surface area is 305 Å². The van der Waals surface area contributed by atoms with Crippen molar-refractivity contribution >= 4 is 27.5 Å². The van der Waals surface area contributed by atoms with Gasteiger partial charge in [-0.3, -0.25) is 13.9 Å². The van der Waals surface area contributed by atoms with E-state index in [-0.39, 0.29) is 41.2 Å². The molecule has 52 heavy (non-hydrogen) atoms. The van der Waals surface area contributed by atoms with Gasteiger partial charge in [0.2, 0.25) is 11.8 Å². The molecule has 276 valence electrons. The van der Waals surface area contributed by atoms with E-state index in [1.54, 1.807) is 36.4 Å². The van der Waals surface area contributed by atoms with Crippen LogP contribution in [0.4, 0.5) is 10.1 Å². The Kier molecular flexibility index (Phi) is 13.1. The van der Waals surface area contributed by atoms with Crippen molar-refractivity contribution in [2.24, 2.45) is 0 Å². The number of hydrogen-bond acceptors (Lipinski definition) is 7. The minimum atomic E-state index is -4.41. The lowest BCUT2D eigenvalue weighted by molar-refractivity contribution is -0.140. The summed E-state index contributed by atoms with van der Waals surface area (Å²) in [6, 6.07) is 24.6. The van der Waals surface area contributed by atoms with E-state index in [9.17, 15) is 22.4 Å². The van der Waals surface area contributed by atoms with Crippen molar-refractivity contribution in [3.05, 3.63) is 114 Å². The highest BCUT2D eigenvalue weighted by atomic mass is 32.2. The fourth-order valence-electron chi connectivity index (χ4n) is 6.39. The summed E-state index contributed by atoms with van der Waals surface area (Å²) in [4.78, 5) is 30.3. The molecule has 0 aromatic heterocycles. The molecule has 4 aromatic carbocycles. The third-order valence-corrected chi connectivity index (χ3v) is 10.9. The van der Waals surface area contributed by atoms with E-state index >= 15 is 0 Å². The second kappa shape index (κ2) is 17.9. The van der Waals surface area contributed by atoms with E-state index in [1.807, 2.05) is 37.3 Å². The van der Waals surface area contributed by atoms with Crippen LogP contribution in [0.1, 0.15) is 50.2 Å². The first-order chi connectivity index (χ1) is 25.1. The number of nitrogens with one attached hydrogen (secondary N) is 1. The zero-order valence-corrected chi connectivity index (χ0v) is 30.6. The van der Waals surface area contributed by atoms with Crippen LogP contribution in [0.3, 0.4) is 0 Å². The average Bonchev–Trinajstić information content (AvgIpc) is 3.16. The van der Waals surface area contributed by atoms with Gasteiger partial charge in [-0.2, -0.15) is 0 Å². The summed E-state index contributed by atoms with van der Waals surface area (Å²) < 4.78 is 60.4. The first-order valence-corrected chi connectivity index (χ1v) is 18.9. The highest BCUT2D eigenvalue weighted by Gasteiger charge is 2.36. The normalized spacial score (nSPS) is 13.8. The van der Waals surface area contributed by atoms with Crippen molar-refractivity contribution in [3.8, 4) is 17.2 Å². The number of carbonyl (C=O) groups is 2. The molecule has 10 nitrogen and oxygen atoms in total. The predicted molar refractivity (Wildman–Crippen MR) is 198 cm³/mol. The lowest BCUT2D eigenvalue weighted by Crippen LogP contribution is -2.55. The topological polar surface area (TPSA) is 114 Å². The van der Waals surface area contributed by atoms with Crippen LogP contribution in [-0.4, -0.2) is 64.6 Å². The molecular weight excluding hydrogens is 686 g/mol. The zero-order valence-electron chi connectivity index (χ0n) is 29.8. The molecule has 0 radical (unpaired) electrons. The molecule has 1 unspecified atom stereocenters. The number of amides is 2. The molecule has 1 aliphatic rings. The molecule has 1 aliphatic carbocycles. The maximum Gasteiger partial charge on any atom is 0.264 e. The number of hydrogen-bond donors (Lipinski definition) is 1. The van der Waals surface area contributed by atoms with E-state index in [0.717, 1.165) is 42.0 Å². The van der Waals surface area contributed by atoms with Gasteiger partial charge in [-0.15, -0.1) is 0 Å². The maximum absolute atomic E-state index is 14.8. The lowest BCUT2D eigenvalue weighted by Gasteiger charge is -2.35. The number of methoxy groups -OCH3 is 2. The summed E-state index contributed by atoms with van der Waals surface area (Å²) in [6.07, 6.45) is 4.95. The number of anilines is 1. The highest BCUT2D eigenvalue weighted by Crippen LogP contribution is 2.33. The van der Waals surface area contributed by atoms with E-state index in [4.69, 9.17) is 14.2 Å². The summed E-state index contributed by atoms with van der Waals surface area (Å²) in [6.45, 7) is 1.54. The monoisotopic (exact) mass is 731 g/mol. The van der Waals surface area contributed by atoms with E-state index in [1.165, 1.54) is 49.5 Å². The van der Waals surface area contributed by atoms with Gasteiger partial charge in [-0.25, -0.2) is 12.8 Å². The standard InChI is InChI=1S/C40H46FN3O7S/c1-4-51-34-21-19-33(20-22-34)44(52(47,48)35-23-24-37(49-2)38(26-35)50-3)28-39(45)43(27-30-15-17-31(41)18-16-30)36(25-29-11-7-5-8-12-29)40(46)42-32-13-9-6-10-14-32/h5,7-8,11-12,15-24,26,32,36H,4,6,9-10,13-14,25,27-28H2,1-3H3,(H,42,46). The van der Waals surface area contributed by atoms with Gasteiger partial charge >= 0.3 is 0 Å². The second-order valence-electron chi connectivity index (χ2n) is 12.7. The SMILES string of the molecule is CCOc1ccc(N(CC(=O)N(Cc2ccc(F)cc2)C(Cc2ccccc2)C(=O)NC2CCCCC2)S(=O)(=O)c2ccc(OC)c(OC)c2)cc1. The molecule has 2 amide bonds. The number of ether oxygens (including phenoxy) is 3. The minimum Gasteiger partial charge on any atom is -0.494 e. The third-order valence-electron chi connectivity index (χ3n) is 9.15. The fraction of sp³-hybridized carbons (Fsp3) is 0.350. The molecular formula is C40H46FN3O7S. The van der Waals surface area contributed by atoms with Crippen molar-refractivity contribution < 1.29 is 36.6 Å². The van der Waals surface area contributed by atoms with Gasteiger partial charge in [0.1, 0.15) is 24.2 Å². The Morgan fingerprint density at radius 1 is 0.846 bits per heavy atom. The molecule has 0 saturated heterocycles. The minimum absolute atomic E-state index is 0.0342. The second-order valence-corrected chi connectivity index (χ2v) is 14.5. The molecule has 1 N–H and O–H groups in total. The number of nitrogens with zero attached hydrogens (tertiary/aromatic N) is 2. The Morgan fingerprint density at radius 3 is 2.15 bits per heavy atom. The Bertz CT molecular complexity index is 1880. The van der Waals surface area contributed by atoms with Crippen LogP contribution in [-0.2, 0) is 32.6 Å². The quantitative estimate of drug-likeness (QED) is 0.140. The summed E-state index contributed by atoms with van der Waals surface area (Å²) in [5.74, 6) is -0.338. The molecule has 0 spiro atoms. The van der Waals surface area contributed by atoms with Gasteiger partial charge in [0.05, 0.1) is 31.4 Å². The summed E-state index contributed by atoms with van der Waals surface area (Å²) in [7, 11) is -1.56. The van der Waals surface area contributed by atoms with Crippen LogP contribution in [0, 0.1) is 5.82 Å². The first-order valence-electron chi connectivity index (χ1n) is 17.5. The molecule has 1 saturated carbocycles. The van der Waals surface area contributed by atoms with Crippen LogP contribution in [0.25, 0.3) is 0 Å². The van der Waals surface area contributed by atoms with Crippen LogP contribution >= 0.6 is 0 Å². The third kappa shape index (κ3) is 9.61. The predicted octanol–water partition coefficient (Wildman–Crippen LogP) is 6.53. The molecule has 1 fully saturated rings. The number of benzene rings is 4. The lowest BCUT2D eigenvalue weighted by atomic mass is 9.94. The van der Waals surface area contributed by atoms with Crippen molar-refractivity contribution in [2.45, 2.75) is 69.0 Å². The summed E-state index contributed by atoms with van der Waals surface area (Å²) >= 11 is 0. The average molecular weight is 732 g/mol. The Hall–Kier alpha value is -5.10. The molecule has 4 aromatic rings. The van der Waals surface area contributed by atoms with Crippen LogP contribution in [0.15, 0.2) is 102 Å². The van der Waals surface area contributed by atoms with Gasteiger partial charge in [0.15, 0.2) is 11.5 Å². The number of carbonyl (C=O) groups excluding carboxylic acids is 2. The fourth-order valence-corrected chi connectivity index (χ4v) is 7.82. The van der Waals surface area contributed by atoms with Crippen LogP contribution in [0.5, 0.6) is 17.2 Å². The van der Waals surface area contributed by atoms with Crippen LogP contribution < -0.4 is 23.8 Å². The largest absolute Gasteiger partial charge is 0.494 e. The van der Waals surface area contributed by atoms with Gasteiger partial charge in [-0.05, 0) is 79.4 Å². The smallest absolute Gasteiger partial charge is 0.264 e. The number of halogens is 1. The van der Waals surface area contributed by atoms with Crippen molar-refractivity contribution in [1.29, 1.82) is 0 Å². The highest BCUT2D eigenvalue weighted by molar-refractivity contribution is 7.92. The van der Waals surface area contributed by atoms with Gasteiger partial charge in [-0.1, -0.05) is 61.7 Å². The molecule has 5 rings (SSSR count). The van der Waals surface area contributed by atoms with E-state index in [0.29, 0.717) is 23.7 Å². The summed E-state index contributed by atoms with van der Waals surface area (Å²) in [5, 5.41) is 3.19. The molecule has 0 aliphatic heterocycles. The van der Waals surface area contributed by atoms with E-state index < -0.39 is 34.3 Å². The van der Waals surface area contributed by atoms with Gasteiger partial charge < -0.3 is 24.4 Å². The van der Waals surface area contributed by atoms with Crippen LogP contribution in [0.2, 0.25) is 0 Å². The number of rotatable bonds is 16. The van der Waals surface area contributed by atoms with Crippen molar-refractivity contribution in [3.63, 3.8) is 0 Å². The molecule has 0 bridgehead atoms. The Morgan fingerprint density at radius 2 is 1.52 bits per heavy atom.